The minimum atomic E-state index is -0.486. The highest BCUT2D eigenvalue weighted by Gasteiger charge is 2.29. The van der Waals surface area contributed by atoms with Crippen LogP contribution >= 0.6 is 11.8 Å². The van der Waals surface area contributed by atoms with Crippen molar-refractivity contribution in [3.8, 4) is 0 Å². The van der Waals surface area contributed by atoms with Gasteiger partial charge < -0.3 is 19.5 Å². The molecule has 33 heavy (non-hydrogen) atoms. The molecule has 3 aromatic heterocycles. The number of likely N-dealkylation sites (tertiary alicyclic amines) is 1. The molecule has 0 unspecified atom stereocenters. The lowest BCUT2D eigenvalue weighted by atomic mass is 10.1. The number of carbonyl (C=O) groups is 1. The van der Waals surface area contributed by atoms with E-state index in [4.69, 9.17) is 9.84 Å². The summed E-state index contributed by atoms with van der Waals surface area (Å²) >= 11 is 1.76. The van der Waals surface area contributed by atoms with E-state index in [0.717, 1.165) is 47.1 Å². The molecular formula is C21H27N9O2S. The molecule has 1 amide bonds. The maximum atomic E-state index is 12.3. The number of carbonyl (C=O) groups excluding carboxylic acids is 1. The second kappa shape index (κ2) is 8.65. The van der Waals surface area contributed by atoms with Crippen molar-refractivity contribution in [1.29, 1.82) is 0 Å². The van der Waals surface area contributed by atoms with Gasteiger partial charge in [-0.05, 0) is 33.6 Å². The number of imidazole rings is 1. The Morgan fingerprint density at radius 2 is 2.00 bits per heavy atom. The average molecular weight is 470 g/mol. The van der Waals surface area contributed by atoms with Crippen LogP contribution in [0.2, 0.25) is 0 Å². The number of amides is 1. The average Bonchev–Trinajstić information content (AvgIpc) is 3.48. The van der Waals surface area contributed by atoms with Crippen LogP contribution < -0.4 is 4.90 Å². The second-order valence-corrected chi connectivity index (χ2v) is 10.2. The van der Waals surface area contributed by atoms with Gasteiger partial charge in [-0.3, -0.25) is 0 Å². The fourth-order valence-electron chi connectivity index (χ4n) is 3.95. The number of rotatable bonds is 3. The number of fused-ring (bicyclic) bond motifs is 1. The summed E-state index contributed by atoms with van der Waals surface area (Å²) in [4.78, 5) is 35.0. The van der Waals surface area contributed by atoms with Crippen LogP contribution in [0.5, 0.6) is 0 Å². The second-order valence-electron chi connectivity index (χ2n) is 9.08. The van der Waals surface area contributed by atoms with Gasteiger partial charge in [0.05, 0.1) is 23.5 Å². The number of thioether (sulfide) groups is 1. The molecular weight excluding hydrogens is 442 g/mol. The number of hydrogen-bond donors (Lipinski definition) is 1. The highest BCUT2D eigenvalue weighted by molar-refractivity contribution is 8.08. The van der Waals surface area contributed by atoms with Crippen molar-refractivity contribution in [1.82, 2.24) is 39.8 Å². The normalized spacial score (nSPS) is 18.0. The van der Waals surface area contributed by atoms with Crippen LogP contribution in [0.1, 0.15) is 45.3 Å². The number of piperidine rings is 1. The van der Waals surface area contributed by atoms with Gasteiger partial charge in [0.25, 0.3) is 0 Å². The quantitative estimate of drug-likeness (QED) is 0.617. The number of nitrogens with one attached hydrogen (secondary N) is 1. The van der Waals surface area contributed by atoms with Gasteiger partial charge in [0, 0.05) is 31.6 Å². The number of ether oxygens (including phenoxy) is 1. The Labute approximate surface area is 195 Å². The highest BCUT2D eigenvalue weighted by atomic mass is 32.2. The van der Waals surface area contributed by atoms with Crippen LogP contribution in [0.15, 0.2) is 25.1 Å². The number of anilines is 1. The molecule has 0 bridgehead atoms. The molecule has 2 aliphatic rings. The van der Waals surface area contributed by atoms with Gasteiger partial charge in [-0.25, -0.2) is 19.7 Å². The minimum absolute atomic E-state index is 0.161. The topological polar surface area (TPSA) is 118 Å². The van der Waals surface area contributed by atoms with E-state index >= 15 is 0 Å². The Morgan fingerprint density at radius 1 is 1.18 bits per heavy atom. The predicted molar refractivity (Wildman–Crippen MR) is 126 cm³/mol. The third-order valence-corrected chi connectivity index (χ3v) is 6.55. The number of aromatic nitrogens is 7. The van der Waals surface area contributed by atoms with Crippen molar-refractivity contribution in [2.24, 2.45) is 0 Å². The Bertz CT molecular complexity index is 1170. The molecule has 1 fully saturated rings. The van der Waals surface area contributed by atoms with Crippen molar-refractivity contribution < 1.29 is 9.53 Å². The summed E-state index contributed by atoms with van der Waals surface area (Å²) in [5.74, 6) is 1.71. The number of H-pyrrole nitrogens is 1. The third kappa shape index (κ3) is 4.65. The maximum absolute atomic E-state index is 12.3. The molecule has 2 aliphatic heterocycles. The first-order chi connectivity index (χ1) is 15.9. The SMILES string of the molecule is CC(C)(C)OC(=O)N1CCC(n2ncc(C3=CN(c4ncnc5nc[nH]c45)CCS3)n2)CC1. The van der Waals surface area contributed by atoms with E-state index in [1.807, 2.05) is 27.0 Å². The molecule has 0 saturated carbocycles. The van der Waals surface area contributed by atoms with Crippen molar-refractivity contribution in [3.63, 3.8) is 0 Å². The van der Waals surface area contributed by atoms with E-state index < -0.39 is 5.60 Å². The van der Waals surface area contributed by atoms with E-state index in [1.54, 1.807) is 27.8 Å². The molecule has 11 nitrogen and oxygen atoms in total. The van der Waals surface area contributed by atoms with E-state index in [-0.39, 0.29) is 12.1 Å². The molecule has 5 rings (SSSR count). The van der Waals surface area contributed by atoms with Crippen LogP contribution in [0, 0.1) is 0 Å². The molecule has 12 heteroatoms. The summed E-state index contributed by atoms with van der Waals surface area (Å²) in [6.45, 7) is 7.75. The van der Waals surface area contributed by atoms with E-state index in [1.165, 1.54) is 6.33 Å². The third-order valence-electron chi connectivity index (χ3n) is 5.54. The maximum Gasteiger partial charge on any atom is 0.410 e. The molecule has 0 atom stereocenters. The Hall–Kier alpha value is -3.15. The molecule has 174 valence electrons. The number of hydrogen-bond acceptors (Lipinski definition) is 9. The molecule has 0 spiro atoms. The van der Waals surface area contributed by atoms with E-state index in [9.17, 15) is 4.79 Å². The molecule has 3 aromatic rings. The molecule has 1 N–H and O–H groups in total. The predicted octanol–water partition coefficient (Wildman–Crippen LogP) is 3.07. The van der Waals surface area contributed by atoms with Crippen LogP contribution in [0.4, 0.5) is 10.6 Å². The van der Waals surface area contributed by atoms with Crippen LogP contribution in [-0.2, 0) is 4.74 Å². The minimum Gasteiger partial charge on any atom is -0.444 e. The van der Waals surface area contributed by atoms with Crippen LogP contribution in [0.3, 0.4) is 0 Å². The first kappa shape index (κ1) is 21.7. The summed E-state index contributed by atoms with van der Waals surface area (Å²) in [5.41, 5.74) is 1.83. The summed E-state index contributed by atoms with van der Waals surface area (Å²) in [7, 11) is 0. The van der Waals surface area contributed by atoms with Gasteiger partial charge in [0.15, 0.2) is 11.5 Å². The van der Waals surface area contributed by atoms with Crippen LogP contribution in [-0.4, -0.2) is 76.9 Å². The largest absolute Gasteiger partial charge is 0.444 e. The Kier molecular flexibility index (Phi) is 5.69. The lowest BCUT2D eigenvalue weighted by Crippen LogP contribution is -2.42. The van der Waals surface area contributed by atoms with Crippen molar-refractivity contribution in [3.05, 3.63) is 30.7 Å². The Morgan fingerprint density at radius 3 is 2.79 bits per heavy atom. The molecule has 0 aromatic carbocycles. The molecule has 1 saturated heterocycles. The van der Waals surface area contributed by atoms with E-state index in [0.29, 0.717) is 18.7 Å². The number of nitrogens with zero attached hydrogens (tertiary/aromatic N) is 8. The smallest absolute Gasteiger partial charge is 0.410 e. The van der Waals surface area contributed by atoms with Crippen molar-refractivity contribution in [2.75, 3.05) is 30.3 Å². The standard InChI is InChI=1S/C21H27N9O2S/c1-21(2,3)32-20(31)28-6-4-14(5-7-28)30-26-10-15(27-30)16-11-29(8-9-33-16)19-17-18(23-12-22-17)24-13-25-19/h10-14H,4-9H2,1-3H3,(H,22,23,24,25). The first-order valence-corrected chi connectivity index (χ1v) is 12.0. The lowest BCUT2D eigenvalue weighted by molar-refractivity contribution is 0.0180. The van der Waals surface area contributed by atoms with Crippen molar-refractivity contribution >= 4 is 39.7 Å². The molecule has 0 aliphatic carbocycles. The molecule has 5 heterocycles. The van der Waals surface area contributed by atoms with Gasteiger partial charge >= 0.3 is 6.09 Å². The summed E-state index contributed by atoms with van der Waals surface area (Å²) in [5, 5.41) is 9.31. The number of aromatic amines is 1. The van der Waals surface area contributed by atoms with Crippen molar-refractivity contribution in [2.45, 2.75) is 45.3 Å². The highest BCUT2D eigenvalue weighted by Crippen LogP contribution is 2.33. The first-order valence-electron chi connectivity index (χ1n) is 11.0. The summed E-state index contributed by atoms with van der Waals surface area (Å²) in [6, 6.07) is 0.161. The van der Waals surface area contributed by atoms with E-state index in [2.05, 4.69) is 36.1 Å². The monoisotopic (exact) mass is 469 g/mol. The van der Waals surface area contributed by atoms with Crippen LogP contribution in [0.25, 0.3) is 16.1 Å². The van der Waals surface area contributed by atoms with Gasteiger partial charge in [0.1, 0.15) is 23.1 Å². The summed E-state index contributed by atoms with van der Waals surface area (Å²) < 4.78 is 5.49. The van der Waals surface area contributed by atoms with Gasteiger partial charge in [-0.2, -0.15) is 15.0 Å². The zero-order chi connectivity index (χ0) is 23.0. The van der Waals surface area contributed by atoms with Gasteiger partial charge in [-0.15, -0.1) is 11.8 Å². The summed E-state index contributed by atoms with van der Waals surface area (Å²) in [6.07, 6.45) is 8.38. The fraction of sp³-hybridized carbons (Fsp3) is 0.524. The molecule has 0 radical (unpaired) electrons. The van der Waals surface area contributed by atoms with Gasteiger partial charge in [-0.1, -0.05) is 0 Å². The zero-order valence-corrected chi connectivity index (χ0v) is 19.7. The zero-order valence-electron chi connectivity index (χ0n) is 18.9. The van der Waals surface area contributed by atoms with Gasteiger partial charge in [0.2, 0.25) is 0 Å². The Balaban J connectivity index is 1.27. The lowest BCUT2D eigenvalue weighted by Gasteiger charge is -2.33. The fourth-order valence-corrected chi connectivity index (χ4v) is 4.90.